The highest BCUT2D eigenvalue weighted by molar-refractivity contribution is 7.90. The molecule has 4 heterocycles. The molecule has 2 aliphatic rings. The van der Waals surface area contributed by atoms with Crippen LogP contribution in [0, 0.1) is 11.8 Å². The average Bonchev–Trinajstić information content (AvgIpc) is 3.30. The predicted molar refractivity (Wildman–Crippen MR) is 145 cm³/mol. The summed E-state index contributed by atoms with van der Waals surface area (Å²) in [7, 11) is -1.58. The lowest BCUT2D eigenvalue weighted by Gasteiger charge is -2.16. The topological polar surface area (TPSA) is 153 Å². The van der Waals surface area contributed by atoms with Crippen LogP contribution < -0.4 is 10.6 Å². The van der Waals surface area contributed by atoms with Crippen LogP contribution in [-0.4, -0.2) is 64.6 Å². The fourth-order valence-electron chi connectivity index (χ4n) is 4.44. The van der Waals surface area contributed by atoms with Crippen LogP contribution in [-0.2, 0) is 17.1 Å². The van der Waals surface area contributed by atoms with Gasteiger partial charge in [-0.15, -0.1) is 0 Å². The van der Waals surface area contributed by atoms with Crippen molar-refractivity contribution >= 4 is 27.3 Å². The van der Waals surface area contributed by atoms with Crippen molar-refractivity contribution in [2.45, 2.75) is 49.5 Å². The summed E-state index contributed by atoms with van der Waals surface area (Å²) in [6, 6.07) is 3.68. The molecule has 0 spiro atoms. The first-order valence-electron chi connectivity index (χ1n) is 12.7. The Bertz CT molecular complexity index is 1680. The number of nitrogens with zero attached hydrogens (tertiary/aromatic N) is 7. The summed E-state index contributed by atoms with van der Waals surface area (Å²) in [6.07, 6.45) is 13.0. The molecule has 0 aliphatic heterocycles. The van der Waals surface area contributed by atoms with Crippen molar-refractivity contribution in [3.8, 4) is 23.2 Å². The third-order valence-corrected chi connectivity index (χ3v) is 8.67. The van der Waals surface area contributed by atoms with Gasteiger partial charge in [0.05, 0.1) is 46.9 Å². The lowest BCUT2D eigenvalue weighted by molar-refractivity contribution is 0.182. The van der Waals surface area contributed by atoms with Crippen LogP contribution in [0.3, 0.4) is 0 Å². The van der Waals surface area contributed by atoms with Gasteiger partial charge in [0.1, 0.15) is 17.3 Å². The summed E-state index contributed by atoms with van der Waals surface area (Å²) in [6.45, 7) is 0. The van der Waals surface area contributed by atoms with Gasteiger partial charge in [0.2, 0.25) is 0 Å². The minimum atomic E-state index is -3.47. The molecule has 2 aliphatic carbocycles. The smallest absolute Gasteiger partial charge is 0.256 e. The number of imidazole rings is 1. The third-order valence-electron chi connectivity index (χ3n) is 6.64. The van der Waals surface area contributed by atoms with E-state index in [1.54, 1.807) is 24.8 Å². The maximum atomic E-state index is 12.5. The monoisotopic (exact) mass is 545 g/mol. The van der Waals surface area contributed by atoms with E-state index >= 15 is 0 Å². The Kier molecular flexibility index (Phi) is 6.49. The maximum absolute atomic E-state index is 12.5. The summed E-state index contributed by atoms with van der Waals surface area (Å²) in [4.78, 5) is 17.6. The zero-order valence-electron chi connectivity index (χ0n) is 21.2. The number of pyridine rings is 1. The van der Waals surface area contributed by atoms with Crippen molar-refractivity contribution in [3.63, 3.8) is 0 Å². The van der Waals surface area contributed by atoms with Gasteiger partial charge in [-0.3, -0.25) is 0 Å². The number of hydrogen-bond donors (Lipinski definition) is 3. The maximum Gasteiger partial charge on any atom is 0.256 e. The van der Waals surface area contributed by atoms with Crippen LogP contribution in [0.15, 0.2) is 49.4 Å². The largest absolute Gasteiger partial charge is 0.393 e. The molecular formula is C26H27N9O3S. The molecule has 2 saturated carbocycles. The van der Waals surface area contributed by atoms with E-state index in [0.29, 0.717) is 53.5 Å². The SMILES string of the molecule is Cn1cnc(C#Cc2cnc(Nc3ccnc(-c4cnn(S(=O)(=O)C5CC5)c4)n3)cc2N[C@@H]2CC[C@H](O)C2)c1. The molecule has 3 N–H and O–H groups in total. The summed E-state index contributed by atoms with van der Waals surface area (Å²) < 4.78 is 27.8. The third kappa shape index (κ3) is 5.62. The summed E-state index contributed by atoms with van der Waals surface area (Å²) >= 11 is 0. The minimum Gasteiger partial charge on any atom is -0.393 e. The number of aliphatic hydroxyl groups is 1. The van der Waals surface area contributed by atoms with E-state index in [1.807, 2.05) is 23.9 Å². The fraction of sp³-hybridized carbons (Fsp3) is 0.346. The molecule has 4 aromatic rings. The van der Waals surface area contributed by atoms with Crippen molar-refractivity contribution in [3.05, 3.63) is 60.7 Å². The molecule has 6 rings (SSSR count). The molecular weight excluding hydrogens is 518 g/mol. The van der Waals surface area contributed by atoms with Crippen LogP contribution in [0.1, 0.15) is 43.4 Å². The number of rotatable bonds is 7. The zero-order valence-corrected chi connectivity index (χ0v) is 22.0. The van der Waals surface area contributed by atoms with Crippen LogP contribution in [0.4, 0.5) is 17.3 Å². The Balaban J connectivity index is 1.25. The molecule has 0 aromatic carbocycles. The van der Waals surface area contributed by atoms with Crippen molar-refractivity contribution in [2.75, 3.05) is 10.6 Å². The lowest BCUT2D eigenvalue weighted by Crippen LogP contribution is -2.17. The zero-order chi connectivity index (χ0) is 27.0. The second kappa shape index (κ2) is 10.1. The van der Waals surface area contributed by atoms with Gasteiger partial charge in [-0.05, 0) is 44.1 Å². The van der Waals surface area contributed by atoms with E-state index in [2.05, 4.69) is 47.5 Å². The second-order valence-corrected chi connectivity index (χ2v) is 11.9. The van der Waals surface area contributed by atoms with Crippen molar-refractivity contribution in [1.29, 1.82) is 0 Å². The number of aryl methyl sites for hydroxylation is 1. The molecule has 0 unspecified atom stereocenters. The van der Waals surface area contributed by atoms with E-state index in [1.165, 1.54) is 12.4 Å². The summed E-state index contributed by atoms with van der Waals surface area (Å²) in [5, 5.41) is 20.4. The molecule has 39 heavy (non-hydrogen) atoms. The molecule has 0 bridgehead atoms. The van der Waals surface area contributed by atoms with E-state index in [9.17, 15) is 13.5 Å². The Labute approximate surface area is 225 Å². The van der Waals surface area contributed by atoms with Crippen molar-refractivity contribution in [2.24, 2.45) is 7.05 Å². The van der Waals surface area contributed by atoms with E-state index in [-0.39, 0.29) is 17.4 Å². The first-order chi connectivity index (χ1) is 18.8. The van der Waals surface area contributed by atoms with Crippen molar-refractivity contribution < 1.29 is 13.5 Å². The second-order valence-electron chi connectivity index (χ2n) is 9.83. The first-order valence-corrected chi connectivity index (χ1v) is 14.2. The Morgan fingerprint density at radius 2 is 1.92 bits per heavy atom. The van der Waals surface area contributed by atoms with Crippen molar-refractivity contribution in [1.82, 2.24) is 33.7 Å². The number of nitrogens with one attached hydrogen (secondary N) is 2. The van der Waals surface area contributed by atoms with Gasteiger partial charge < -0.3 is 20.3 Å². The van der Waals surface area contributed by atoms with Gasteiger partial charge in [0.15, 0.2) is 5.82 Å². The standard InChI is InChI=1S/C26H27N9O3S/c1-34-15-20(29-16-34)3-2-17-12-28-25(11-23(17)31-19-4-5-21(36)10-19)32-24-8-9-27-26(33-24)18-13-30-35(14-18)39(37,38)22-6-7-22/h8-9,11-16,19,21-22,36H,4-7,10H2,1H3,(H2,27,28,31,32,33)/t19-,21+/m1/s1. The molecule has 0 amide bonds. The van der Waals surface area contributed by atoms with E-state index in [0.717, 1.165) is 22.6 Å². The highest BCUT2D eigenvalue weighted by atomic mass is 32.2. The van der Waals surface area contributed by atoms with Gasteiger partial charge in [-0.1, -0.05) is 5.92 Å². The summed E-state index contributed by atoms with van der Waals surface area (Å²) in [5.41, 5.74) is 2.65. The average molecular weight is 546 g/mol. The van der Waals surface area contributed by atoms with Gasteiger partial charge in [0, 0.05) is 37.7 Å². The Morgan fingerprint density at radius 1 is 1.05 bits per heavy atom. The number of aromatic nitrogens is 7. The van der Waals surface area contributed by atoms with Crippen LogP contribution in [0.25, 0.3) is 11.4 Å². The molecule has 0 radical (unpaired) electrons. The van der Waals surface area contributed by atoms with Gasteiger partial charge in [0.25, 0.3) is 10.0 Å². The molecule has 2 atom stereocenters. The van der Waals surface area contributed by atoms with Crippen LogP contribution >= 0.6 is 0 Å². The number of hydrogen-bond acceptors (Lipinski definition) is 10. The minimum absolute atomic E-state index is 0.125. The van der Waals surface area contributed by atoms with Gasteiger partial charge in [-0.25, -0.2) is 28.4 Å². The highest BCUT2D eigenvalue weighted by Gasteiger charge is 2.37. The Morgan fingerprint density at radius 3 is 2.67 bits per heavy atom. The quantitative estimate of drug-likeness (QED) is 0.295. The molecule has 2 fully saturated rings. The Hall–Kier alpha value is -4.28. The van der Waals surface area contributed by atoms with Gasteiger partial charge in [-0.2, -0.15) is 9.19 Å². The molecule has 200 valence electrons. The highest BCUT2D eigenvalue weighted by Crippen LogP contribution is 2.30. The predicted octanol–water partition coefficient (Wildman–Crippen LogP) is 2.28. The van der Waals surface area contributed by atoms with E-state index in [4.69, 9.17) is 0 Å². The normalized spacial score (nSPS) is 18.9. The summed E-state index contributed by atoms with van der Waals surface area (Å²) in [5.74, 6) is 7.59. The van der Waals surface area contributed by atoms with Crippen LogP contribution in [0.2, 0.25) is 0 Å². The fourth-order valence-corrected chi connectivity index (χ4v) is 5.91. The number of anilines is 3. The molecule has 0 saturated heterocycles. The lowest BCUT2D eigenvalue weighted by atomic mass is 10.1. The molecule has 4 aromatic heterocycles. The number of aliphatic hydroxyl groups excluding tert-OH is 1. The van der Waals surface area contributed by atoms with Gasteiger partial charge >= 0.3 is 0 Å². The first kappa shape index (κ1) is 25.0. The molecule has 12 nitrogen and oxygen atoms in total. The van der Waals surface area contributed by atoms with Crippen LogP contribution in [0.5, 0.6) is 0 Å². The van der Waals surface area contributed by atoms with E-state index < -0.39 is 10.0 Å². The molecule has 13 heteroatoms.